The highest BCUT2D eigenvalue weighted by molar-refractivity contribution is 5.70. The van der Waals surface area contributed by atoms with E-state index >= 15 is 0 Å². The van der Waals surface area contributed by atoms with Crippen LogP contribution >= 0.6 is 0 Å². The molecule has 0 aromatic rings. The molecule has 4 nitrogen and oxygen atoms in total. The normalized spacial score (nSPS) is 32.5. The Hall–Kier alpha value is -0.610. The molecule has 2 fully saturated rings. The standard InChI is InChI=1S/C12H21NO3/c14-12(15)11-4-2-1-3-10(11)9-13-5-7-16-8-6-13/h10-11H,1-9H2,(H,14,15). The lowest BCUT2D eigenvalue weighted by Gasteiger charge is -2.35. The Morgan fingerprint density at radius 2 is 1.94 bits per heavy atom. The summed E-state index contributed by atoms with van der Waals surface area (Å²) < 4.78 is 5.31. The molecular formula is C12H21NO3. The van der Waals surface area contributed by atoms with Crippen molar-refractivity contribution in [2.45, 2.75) is 25.7 Å². The summed E-state index contributed by atoms with van der Waals surface area (Å²) in [5.74, 6) is -0.362. The largest absolute Gasteiger partial charge is 0.481 e. The van der Waals surface area contributed by atoms with Gasteiger partial charge in [0.2, 0.25) is 0 Å². The van der Waals surface area contributed by atoms with Crippen LogP contribution in [0.25, 0.3) is 0 Å². The Morgan fingerprint density at radius 3 is 2.62 bits per heavy atom. The van der Waals surface area contributed by atoms with E-state index in [4.69, 9.17) is 4.74 Å². The van der Waals surface area contributed by atoms with E-state index in [1.807, 2.05) is 0 Å². The first-order valence-corrected chi connectivity index (χ1v) is 6.30. The van der Waals surface area contributed by atoms with Crippen LogP contribution < -0.4 is 0 Å². The van der Waals surface area contributed by atoms with Gasteiger partial charge in [-0.05, 0) is 18.8 Å². The molecule has 1 aliphatic carbocycles. The predicted octanol–water partition coefficient (Wildman–Crippen LogP) is 1.21. The molecule has 4 heteroatoms. The van der Waals surface area contributed by atoms with Gasteiger partial charge in [0.05, 0.1) is 19.1 Å². The van der Waals surface area contributed by atoms with Crippen molar-refractivity contribution >= 4 is 5.97 Å². The summed E-state index contributed by atoms with van der Waals surface area (Å²) in [5.41, 5.74) is 0. The number of hydrogen-bond acceptors (Lipinski definition) is 3. The zero-order chi connectivity index (χ0) is 11.4. The number of rotatable bonds is 3. The van der Waals surface area contributed by atoms with Gasteiger partial charge in [0, 0.05) is 19.6 Å². The third-order valence-electron chi connectivity index (χ3n) is 3.82. The summed E-state index contributed by atoms with van der Waals surface area (Å²) in [6.07, 6.45) is 4.22. The van der Waals surface area contributed by atoms with Gasteiger partial charge in [0.25, 0.3) is 0 Å². The molecule has 0 radical (unpaired) electrons. The summed E-state index contributed by atoms with van der Waals surface area (Å²) in [6, 6.07) is 0. The van der Waals surface area contributed by atoms with Gasteiger partial charge in [0.1, 0.15) is 0 Å². The van der Waals surface area contributed by atoms with Gasteiger partial charge in [0.15, 0.2) is 0 Å². The van der Waals surface area contributed by atoms with Crippen LogP contribution in [0.3, 0.4) is 0 Å². The SMILES string of the molecule is O=C(O)C1CCCCC1CN1CCOCC1. The van der Waals surface area contributed by atoms with Crippen LogP contribution in [-0.4, -0.2) is 48.8 Å². The number of aliphatic carboxylic acids is 1. The highest BCUT2D eigenvalue weighted by Gasteiger charge is 2.32. The van der Waals surface area contributed by atoms with E-state index in [1.165, 1.54) is 6.42 Å². The molecule has 92 valence electrons. The third-order valence-corrected chi connectivity index (χ3v) is 3.82. The number of carboxylic acid groups (broad SMARTS) is 1. The molecule has 0 spiro atoms. The molecule has 0 aromatic carbocycles. The van der Waals surface area contributed by atoms with Crippen LogP contribution in [0, 0.1) is 11.8 Å². The van der Waals surface area contributed by atoms with Gasteiger partial charge in [-0.3, -0.25) is 9.69 Å². The Kier molecular flexibility index (Phi) is 4.18. The van der Waals surface area contributed by atoms with E-state index in [2.05, 4.69) is 4.90 Å². The Morgan fingerprint density at radius 1 is 1.25 bits per heavy atom. The molecule has 16 heavy (non-hydrogen) atoms. The highest BCUT2D eigenvalue weighted by atomic mass is 16.5. The predicted molar refractivity (Wildman–Crippen MR) is 60.3 cm³/mol. The first kappa shape index (κ1) is 11.9. The van der Waals surface area contributed by atoms with E-state index < -0.39 is 5.97 Å². The van der Waals surface area contributed by atoms with Crippen LogP contribution in [0.4, 0.5) is 0 Å². The molecule has 0 bridgehead atoms. The first-order valence-electron chi connectivity index (χ1n) is 6.30. The molecule has 1 saturated carbocycles. The number of nitrogens with zero attached hydrogens (tertiary/aromatic N) is 1. The average molecular weight is 227 g/mol. The van der Waals surface area contributed by atoms with Crippen LogP contribution in [-0.2, 0) is 9.53 Å². The van der Waals surface area contributed by atoms with Crippen LogP contribution in [0.5, 0.6) is 0 Å². The smallest absolute Gasteiger partial charge is 0.306 e. The summed E-state index contributed by atoms with van der Waals surface area (Å²) >= 11 is 0. The van der Waals surface area contributed by atoms with Crippen LogP contribution in [0.15, 0.2) is 0 Å². The Balaban J connectivity index is 1.87. The van der Waals surface area contributed by atoms with Crippen molar-refractivity contribution in [3.05, 3.63) is 0 Å². The lowest BCUT2D eigenvalue weighted by molar-refractivity contribution is -0.145. The van der Waals surface area contributed by atoms with Gasteiger partial charge in [-0.25, -0.2) is 0 Å². The van der Waals surface area contributed by atoms with Gasteiger partial charge >= 0.3 is 5.97 Å². The van der Waals surface area contributed by atoms with Crippen LogP contribution in [0.1, 0.15) is 25.7 Å². The molecule has 0 amide bonds. The Labute approximate surface area is 96.6 Å². The molecule has 1 N–H and O–H groups in total. The molecule has 2 rings (SSSR count). The third kappa shape index (κ3) is 2.95. The van der Waals surface area contributed by atoms with E-state index in [-0.39, 0.29) is 5.92 Å². The molecule has 2 aliphatic rings. The van der Waals surface area contributed by atoms with Crippen LogP contribution in [0.2, 0.25) is 0 Å². The lowest BCUT2D eigenvalue weighted by atomic mass is 9.79. The minimum Gasteiger partial charge on any atom is -0.481 e. The van der Waals surface area contributed by atoms with Crippen molar-refractivity contribution in [1.29, 1.82) is 0 Å². The van der Waals surface area contributed by atoms with Crippen molar-refractivity contribution in [2.75, 3.05) is 32.8 Å². The summed E-state index contributed by atoms with van der Waals surface area (Å²) in [7, 11) is 0. The second kappa shape index (κ2) is 5.64. The summed E-state index contributed by atoms with van der Waals surface area (Å²) in [5, 5.41) is 9.19. The lowest BCUT2D eigenvalue weighted by Crippen LogP contribution is -2.42. The van der Waals surface area contributed by atoms with E-state index in [0.29, 0.717) is 5.92 Å². The topological polar surface area (TPSA) is 49.8 Å². The van der Waals surface area contributed by atoms with Gasteiger partial charge in [-0.15, -0.1) is 0 Å². The number of carboxylic acids is 1. The summed E-state index contributed by atoms with van der Waals surface area (Å²) in [4.78, 5) is 13.5. The van der Waals surface area contributed by atoms with Gasteiger partial charge < -0.3 is 9.84 Å². The quantitative estimate of drug-likeness (QED) is 0.787. The van der Waals surface area contributed by atoms with Crippen molar-refractivity contribution < 1.29 is 14.6 Å². The number of hydrogen-bond donors (Lipinski definition) is 1. The molecule has 0 aromatic heterocycles. The van der Waals surface area contributed by atoms with E-state index in [0.717, 1.165) is 52.1 Å². The molecular weight excluding hydrogens is 206 g/mol. The maximum absolute atomic E-state index is 11.2. The number of morpholine rings is 1. The Bertz CT molecular complexity index is 238. The molecule has 2 unspecified atom stereocenters. The van der Waals surface area contributed by atoms with E-state index in [1.54, 1.807) is 0 Å². The second-order valence-electron chi connectivity index (χ2n) is 4.90. The first-order chi connectivity index (χ1) is 7.77. The van der Waals surface area contributed by atoms with E-state index in [9.17, 15) is 9.90 Å². The van der Waals surface area contributed by atoms with Crippen molar-refractivity contribution in [2.24, 2.45) is 11.8 Å². The number of ether oxygens (including phenoxy) is 1. The highest BCUT2D eigenvalue weighted by Crippen LogP contribution is 2.31. The van der Waals surface area contributed by atoms with Gasteiger partial charge in [-0.1, -0.05) is 12.8 Å². The fourth-order valence-corrected chi connectivity index (χ4v) is 2.87. The fraction of sp³-hybridized carbons (Fsp3) is 0.917. The fourth-order valence-electron chi connectivity index (χ4n) is 2.87. The molecule has 1 heterocycles. The zero-order valence-electron chi connectivity index (χ0n) is 9.73. The average Bonchev–Trinajstić information content (AvgIpc) is 2.31. The zero-order valence-corrected chi connectivity index (χ0v) is 9.73. The molecule has 1 saturated heterocycles. The van der Waals surface area contributed by atoms with Crippen molar-refractivity contribution in [3.63, 3.8) is 0 Å². The second-order valence-corrected chi connectivity index (χ2v) is 4.90. The summed E-state index contributed by atoms with van der Waals surface area (Å²) in [6.45, 7) is 4.46. The minimum absolute atomic E-state index is 0.114. The van der Waals surface area contributed by atoms with Gasteiger partial charge in [-0.2, -0.15) is 0 Å². The minimum atomic E-state index is -0.599. The van der Waals surface area contributed by atoms with Crippen molar-refractivity contribution in [3.8, 4) is 0 Å². The molecule has 2 atom stereocenters. The number of carbonyl (C=O) groups is 1. The maximum Gasteiger partial charge on any atom is 0.306 e. The molecule has 1 aliphatic heterocycles. The van der Waals surface area contributed by atoms with Crippen molar-refractivity contribution in [1.82, 2.24) is 4.90 Å². The monoisotopic (exact) mass is 227 g/mol. The maximum atomic E-state index is 11.2.